The van der Waals surface area contributed by atoms with E-state index in [1.54, 1.807) is 10.9 Å². The molecule has 0 spiro atoms. The minimum absolute atomic E-state index is 0.159. The Labute approximate surface area is 125 Å². The van der Waals surface area contributed by atoms with E-state index in [-0.39, 0.29) is 11.9 Å². The maximum absolute atomic E-state index is 12.7. The molecule has 112 valence electrons. The molecule has 21 heavy (non-hydrogen) atoms. The van der Waals surface area contributed by atoms with Crippen molar-refractivity contribution in [3.8, 4) is 0 Å². The van der Waals surface area contributed by atoms with Crippen molar-refractivity contribution >= 4 is 5.91 Å². The Morgan fingerprint density at radius 1 is 1.29 bits per heavy atom. The topological polar surface area (TPSA) is 43.1 Å². The summed E-state index contributed by atoms with van der Waals surface area (Å²) >= 11 is 0. The Bertz CT molecular complexity index is 587. The minimum atomic E-state index is 0.159. The fourth-order valence-corrected chi connectivity index (χ4v) is 3.16. The molecule has 0 saturated carbocycles. The molecule has 1 aliphatic rings. The molecule has 0 aromatic carbocycles. The summed E-state index contributed by atoms with van der Waals surface area (Å²) in [6, 6.07) is 6.22. The van der Waals surface area contributed by atoms with Crippen LogP contribution in [0, 0.1) is 0 Å². The van der Waals surface area contributed by atoms with E-state index >= 15 is 0 Å². The van der Waals surface area contributed by atoms with Crippen molar-refractivity contribution in [1.29, 1.82) is 0 Å². The molecule has 2 aromatic rings. The summed E-state index contributed by atoms with van der Waals surface area (Å²) in [6.45, 7) is 1.17. The van der Waals surface area contributed by atoms with Crippen molar-refractivity contribution in [1.82, 2.24) is 19.2 Å². The average molecular weight is 286 g/mol. The lowest BCUT2D eigenvalue weighted by molar-refractivity contribution is -0.134. The third-order valence-corrected chi connectivity index (χ3v) is 4.25. The Kier molecular flexibility index (Phi) is 4.08. The fraction of sp³-hybridized carbons (Fsp3) is 0.500. The van der Waals surface area contributed by atoms with Crippen molar-refractivity contribution in [2.24, 2.45) is 7.05 Å². The monoisotopic (exact) mass is 286 g/mol. The van der Waals surface area contributed by atoms with Crippen molar-refractivity contribution in [3.63, 3.8) is 0 Å². The van der Waals surface area contributed by atoms with E-state index in [1.807, 2.05) is 17.2 Å². The second-order valence-electron chi connectivity index (χ2n) is 5.70. The molecule has 0 N–H and O–H groups in total. The van der Waals surface area contributed by atoms with Gasteiger partial charge in [-0.1, -0.05) is 12.8 Å². The maximum Gasteiger partial charge on any atom is 0.244 e. The summed E-state index contributed by atoms with van der Waals surface area (Å²) in [4.78, 5) is 14.7. The summed E-state index contributed by atoms with van der Waals surface area (Å²) < 4.78 is 3.83. The summed E-state index contributed by atoms with van der Waals surface area (Å²) in [5.74, 6) is 0.159. The van der Waals surface area contributed by atoms with Gasteiger partial charge in [-0.15, -0.1) is 0 Å². The van der Waals surface area contributed by atoms with Gasteiger partial charge in [-0.2, -0.15) is 5.10 Å². The van der Waals surface area contributed by atoms with Crippen LogP contribution in [0.25, 0.3) is 0 Å². The molecule has 1 aliphatic heterocycles. The van der Waals surface area contributed by atoms with Gasteiger partial charge in [-0.3, -0.25) is 9.48 Å². The maximum atomic E-state index is 12.7. The molecule has 1 amide bonds. The Morgan fingerprint density at radius 3 is 2.90 bits per heavy atom. The van der Waals surface area contributed by atoms with Crippen molar-refractivity contribution in [2.45, 2.75) is 38.3 Å². The van der Waals surface area contributed by atoms with E-state index in [9.17, 15) is 4.79 Å². The van der Waals surface area contributed by atoms with Crippen LogP contribution in [0.1, 0.15) is 37.4 Å². The van der Waals surface area contributed by atoms with Gasteiger partial charge in [-0.25, -0.2) is 0 Å². The van der Waals surface area contributed by atoms with Crippen LogP contribution >= 0.6 is 0 Å². The highest BCUT2D eigenvalue weighted by molar-refractivity contribution is 5.76. The van der Waals surface area contributed by atoms with Crippen LogP contribution < -0.4 is 0 Å². The zero-order chi connectivity index (χ0) is 14.7. The number of amides is 1. The third-order valence-electron chi connectivity index (χ3n) is 4.25. The SMILES string of the molecule is Cn1cccc1C1CCCCCN1C(=O)Cn1cccn1. The van der Waals surface area contributed by atoms with E-state index in [0.29, 0.717) is 6.54 Å². The first kappa shape index (κ1) is 13.9. The predicted molar refractivity (Wildman–Crippen MR) is 80.6 cm³/mol. The number of aryl methyl sites for hydroxylation is 1. The molecule has 1 unspecified atom stereocenters. The minimum Gasteiger partial charge on any atom is -0.353 e. The Hall–Kier alpha value is -2.04. The van der Waals surface area contributed by atoms with Gasteiger partial charge in [0.05, 0.1) is 6.04 Å². The highest BCUT2D eigenvalue weighted by atomic mass is 16.2. The number of carbonyl (C=O) groups excluding carboxylic acids is 1. The first-order valence-electron chi connectivity index (χ1n) is 7.64. The molecule has 3 heterocycles. The zero-order valence-corrected chi connectivity index (χ0v) is 12.5. The van der Waals surface area contributed by atoms with E-state index in [4.69, 9.17) is 0 Å². The predicted octanol–water partition coefficient (Wildman–Crippen LogP) is 2.37. The lowest BCUT2D eigenvalue weighted by Gasteiger charge is -2.30. The Morgan fingerprint density at radius 2 is 2.19 bits per heavy atom. The molecule has 1 saturated heterocycles. The molecule has 1 atom stereocenters. The summed E-state index contributed by atoms with van der Waals surface area (Å²) in [7, 11) is 2.05. The molecule has 5 nitrogen and oxygen atoms in total. The van der Waals surface area contributed by atoms with Crippen molar-refractivity contribution < 1.29 is 4.79 Å². The number of hydrogen-bond donors (Lipinski definition) is 0. The van der Waals surface area contributed by atoms with E-state index < -0.39 is 0 Å². The van der Waals surface area contributed by atoms with Crippen molar-refractivity contribution in [3.05, 3.63) is 42.5 Å². The normalized spacial score (nSPS) is 19.5. The number of rotatable bonds is 3. The van der Waals surface area contributed by atoms with Crippen molar-refractivity contribution in [2.75, 3.05) is 6.54 Å². The number of nitrogens with zero attached hydrogens (tertiary/aromatic N) is 4. The molecule has 0 bridgehead atoms. The first-order valence-corrected chi connectivity index (χ1v) is 7.64. The summed E-state index contributed by atoms with van der Waals surface area (Å²) in [5, 5.41) is 4.14. The second kappa shape index (κ2) is 6.16. The number of likely N-dealkylation sites (tertiary alicyclic amines) is 1. The van der Waals surface area contributed by atoms with Crippen LogP contribution in [-0.4, -0.2) is 31.7 Å². The van der Waals surface area contributed by atoms with Gasteiger partial charge in [0.15, 0.2) is 0 Å². The molecular weight excluding hydrogens is 264 g/mol. The number of hydrogen-bond acceptors (Lipinski definition) is 2. The largest absolute Gasteiger partial charge is 0.353 e. The lowest BCUT2D eigenvalue weighted by Crippen LogP contribution is -2.37. The quantitative estimate of drug-likeness (QED) is 0.869. The van der Waals surface area contributed by atoms with E-state index in [2.05, 4.69) is 35.0 Å². The van der Waals surface area contributed by atoms with Crippen LogP contribution in [0.4, 0.5) is 0 Å². The fourth-order valence-electron chi connectivity index (χ4n) is 3.16. The van der Waals surface area contributed by atoms with Gasteiger partial charge in [0.25, 0.3) is 0 Å². The van der Waals surface area contributed by atoms with Crippen LogP contribution in [-0.2, 0) is 18.4 Å². The molecule has 1 fully saturated rings. The van der Waals surface area contributed by atoms with Crippen LogP contribution in [0.3, 0.4) is 0 Å². The van der Waals surface area contributed by atoms with Gasteiger partial charge in [0, 0.05) is 37.9 Å². The van der Waals surface area contributed by atoms with E-state index in [0.717, 1.165) is 19.4 Å². The number of aromatic nitrogens is 3. The molecule has 3 rings (SSSR count). The molecule has 5 heteroatoms. The standard InChI is InChI=1S/C16H22N4O/c1-18-10-5-8-14(18)15-7-3-2-4-12-20(15)16(21)13-19-11-6-9-17-19/h5-6,8-11,15H,2-4,7,12-13H2,1H3. The first-order chi connectivity index (χ1) is 10.3. The molecular formula is C16H22N4O. The lowest BCUT2D eigenvalue weighted by atomic mass is 10.1. The summed E-state index contributed by atoms with van der Waals surface area (Å²) in [6.07, 6.45) is 10.1. The second-order valence-corrected chi connectivity index (χ2v) is 5.70. The average Bonchev–Trinajstić information content (AvgIpc) is 3.05. The van der Waals surface area contributed by atoms with Gasteiger partial charge in [-0.05, 0) is 31.0 Å². The van der Waals surface area contributed by atoms with Gasteiger partial charge < -0.3 is 9.47 Å². The van der Waals surface area contributed by atoms with Crippen LogP contribution in [0.15, 0.2) is 36.8 Å². The highest BCUT2D eigenvalue weighted by Gasteiger charge is 2.28. The third kappa shape index (κ3) is 3.01. The van der Waals surface area contributed by atoms with Gasteiger partial charge in [0.2, 0.25) is 5.91 Å². The summed E-state index contributed by atoms with van der Waals surface area (Å²) in [5.41, 5.74) is 1.23. The number of carbonyl (C=O) groups is 1. The zero-order valence-electron chi connectivity index (χ0n) is 12.5. The molecule has 2 aromatic heterocycles. The highest BCUT2D eigenvalue weighted by Crippen LogP contribution is 2.30. The Balaban J connectivity index is 1.81. The van der Waals surface area contributed by atoms with Gasteiger partial charge >= 0.3 is 0 Å². The van der Waals surface area contributed by atoms with Gasteiger partial charge in [0.1, 0.15) is 6.54 Å². The van der Waals surface area contributed by atoms with Crippen LogP contribution in [0.2, 0.25) is 0 Å². The molecule has 0 radical (unpaired) electrons. The van der Waals surface area contributed by atoms with Crippen LogP contribution in [0.5, 0.6) is 0 Å². The smallest absolute Gasteiger partial charge is 0.244 e. The molecule has 0 aliphatic carbocycles. The van der Waals surface area contributed by atoms with E-state index in [1.165, 1.54) is 18.5 Å².